The molecule has 7 heteroatoms. The van der Waals surface area contributed by atoms with Gasteiger partial charge in [0.2, 0.25) is 0 Å². The van der Waals surface area contributed by atoms with Crippen LogP contribution < -0.4 is 10.6 Å². The zero-order valence-corrected chi connectivity index (χ0v) is 10.3. The highest BCUT2D eigenvalue weighted by Gasteiger charge is 2.51. The number of anilines is 1. The number of nitrogens with one attached hydrogen (secondary N) is 3. The molecular weight excluding hydrogens is 248 g/mol. The molecule has 0 aromatic carbocycles. The van der Waals surface area contributed by atoms with E-state index < -0.39 is 11.9 Å². The molecule has 7 nitrogen and oxygen atoms in total. The van der Waals surface area contributed by atoms with Crippen LogP contribution in [0.25, 0.3) is 0 Å². The van der Waals surface area contributed by atoms with Crippen molar-refractivity contribution in [1.82, 2.24) is 15.5 Å². The van der Waals surface area contributed by atoms with Gasteiger partial charge in [-0.2, -0.15) is 5.10 Å². The van der Waals surface area contributed by atoms with Crippen molar-refractivity contribution in [3.05, 3.63) is 12.4 Å². The Morgan fingerprint density at radius 1 is 1.37 bits per heavy atom. The average Bonchev–Trinajstić information content (AvgIpc) is 3.03. The van der Waals surface area contributed by atoms with Gasteiger partial charge in [-0.1, -0.05) is 0 Å². The van der Waals surface area contributed by atoms with Crippen molar-refractivity contribution in [1.29, 1.82) is 0 Å². The number of rotatable bonds is 3. The van der Waals surface area contributed by atoms with Gasteiger partial charge in [0, 0.05) is 12.2 Å². The highest BCUT2D eigenvalue weighted by atomic mass is 16.4. The lowest BCUT2D eigenvalue weighted by atomic mass is 9.84. The quantitative estimate of drug-likeness (QED) is 0.654. The van der Waals surface area contributed by atoms with E-state index in [1.54, 1.807) is 6.20 Å². The van der Waals surface area contributed by atoms with Crippen molar-refractivity contribution < 1.29 is 14.7 Å². The third kappa shape index (κ3) is 2.16. The fourth-order valence-electron chi connectivity index (χ4n) is 3.49. The van der Waals surface area contributed by atoms with E-state index in [0.717, 1.165) is 19.3 Å². The highest BCUT2D eigenvalue weighted by molar-refractivity contribution is 5.89. The number of carboxylic acid groups (broad SMARTS) is 1. The van der Waals surface area contributed by atoms with Gasteiger partial charge in [0.25, 0.3) is 0 Å². The van der Waals surface area contributed by atoms with E-state index in [4.69, 9.17) is 0 Å². The Morgan fingerprint density at radius 2 is 2.16 bits per heavy atom. The standard InChI is InChI=1S/C12H16N4O3/c17-11(18)9-6-1-2-7(3-6)10(9)16-12(19)15-8-4-13-14-5-8/h4-7,9-10H,1-3H2,(H,13,14)(H,17,18)(H2,15,16,19). The van der Waals surface area contributed by atoms with E-state index in [1.165, 1.54) is 6.20 Å². The Balaban J connectivity index is 1.65. The number of carbonyl (C=O) groups excluding carboxylic acids is 1. The van der Waals surface area contributed by atoms with Crippen LogP contribution in [0.3, 0.4) is 0 Å². The fourth-order valence-corrected chi connectivity index (χ4v) is 3.49. The summed E-state index contributed by atoms with van der Waals surface area (Å²) >= 11 is 0. The first-order valence-electron chi connectivity index (χ1n) is 6.44. The molecule has 2 bridgehead atoms. The van der Waals surface area contributed by atoms with Gasteiger partial charge in [-0.25, -0.2) is 4.79 Å². The van der Waals surface area contributed by atoms with Crippen molar-refractivity contribution in [2.45, 2.75) is 25.3 Å². The van der Waals surface area contributed by atoms with E-state index in [-0.39, 0.29) is 18.0 Å². The predicted octanol–water partition coefficient (Wildman–Crippen LogP) is 1.03. The average molecular weight is 264 g/mol. The number of aromatic nitrogens is 2. The van der Waals surface area contributed by atoms with Gasteiger partial charge in [0.05, 0.1) is 17.8 Å². The van der Waals surface area contributed by atoms with Gasteiger partial charge < -0.3 is 15.7 Å². The van der Waals surface area contributed by atoms with Crippen molar-refractivity contribution in [3.8, 4) is 0 Å². The molecule has 1 heterocycles. The Labute approximate surface area is 109 Å². The third-order valence-corrected chi connectivity index (χ3v) is 4.26. The molecule has 2 saturated carbocycles. The lowest BCUT2D eigenvalue weighted by molar-refractivity contribution is -0.144. The molecule has 4 atom stereocenters. The van der Waals surface area contributed by atoms with E-state index >= 15 is 0 Å². The van der Waals surface area contributed by atoms with Crippen LogP contribution in [0.15, 0.2) is 12.4 Å². The summed E-state index contributed by atoms with van der Waals surface area (Å²) in [4.78, 5) is 23.2. The first-order chi connectivity index (χ1) is 9.15. The number of H-pyrrole nitrogens is 1. The third-order valence-electron chi connectivity index (χ3n) is 4.26. The largest absolute Gasteiger partial charge is 0.481 e. The van der Waals surface area contributed by atoms with Crippen LogP contribution in [0.4, 0.5) is 10.5 Å². The van der Waals surface area contributed by atoms with E-state index in [0.29, 0.717) is 11.6 Å². The molecule has 3 rings (SSSR count). The molecule has 19 heavy (non-hydrogen) atoms. The molecule has 0 saturated heterocycles. The van der Waals surface area contributed by atoms with Gasteiger partial charge in [-0.3, -0.25) is 9.89 Å². The molecule has 2 amide bonds. The molecule has 102 valence electrons. The first kappa shape index (κ1) is 12.0. The van der Waals surface area contributed by atoms with Crippen molar-refractivity contribution in [2.75, 3.05) is 5.32 Å². The Hall–Kier alpha value is -2.05. The number of amides is 2. The minimum Gasteiger partial charge on any atom is -0.481 e. The van der Waals surface area contributed by atoms with Crippen LogP contribution >= 0.6 is 0 Å². The van der Waals surface area contributed by atoms with Crippen LogP contribution in [0.5, 0.6) is 0 Å². The lowest BCUT2D eigenvalue weighted by Crippen LogP contribution is -2.48. The zero-order valence-electron chi connectivity index (χ0n) is 10.3. The molecule has 4 unspecified atom stereocenters. The molecule has 1 aromatic heterocycles. The van der Waals surface area contributed by atoms with Crippen LogP contribution in [0.2, 0.25) is 0 Å². The summed E-state index contributed by atoms with van der Waals surface area (Å²) in [7, 11) is 0. The van der Waals surface area contributed by atoms with Crippen molar-refractivity contribution in [3.63, 3.8) is 0 Å². The number of nitrogens with zero attached hydrogens (tertiary/aromatic N) is 1. The van der Waals surface area contributed by atoms with Crippen LogP contribution in [0, 0.1) is 17.8 Å². The predicted molar refractivity (Wildman–Crippen MR) is 66.5 cm³/mol. The number of aliphatic carboxylic acids is 1. The number of carbonyl (C=O) groups is 2. The topological polar surface area (TPSA) is 107 Å². The van der Waals surface area contributed by atoms with Gasteiger partial charge >= 0.3 is 12.0 Å². The minimum absolute atomic E-state index is 0.210. The summed E-state index contributed by atoms with van der Waals surface area (Å²) in [6, 6.07) is -0.631. The Kier molecular flexibility index (Phi) is 2.88. The Morgan fingerprint density at radius 3 is 2.84 bits per heavy atom. The second kappa shape index (κ2) is 4.56. The maximum Gasteiger partial charge on any atom is 0.319 e. The Bertz CT molecular complexity index is 487. The van der Waals surface area contributed by atoms with Gasteiger partial charge in [-0.05, 0) is 31.1 Å². The first-order valence-corrected chi connectivity index (χ1v) is 6.44. The molecule has 1 aromatic rings. The van der Waals surface area contributed by atoms with Crippen LogP contribution in [-0.4, -0.2) is 33.3 Å². The molecule has 4 N–H and O–H groups in total. The lowest BCUT2D eigenvalue weighted by Gasteiger charge is -2.28. The number of fused-ring (bicyclic) bond motifs is 2. The van der Waals surface area contributed by atoms with Gasteiger partial charge in [-0.15, -0.1) is 0 Å². The second-order valence-corrected chi connectivity index (χ2v) is 5.31. The van der Waals surface area contributed by atoms with E-state index in [2.05, 4.69) is 20.8 Å². The second-order valence-electron chi connectivity index (χ2n) is 5.31. The molecule has 2 fully saturated rings. The minimum atomic E-state index is -0.805. The molecule has 0 aliphatic heterocycles. The summed E-state index contributed by atoms with van der Waals surface area (Å²) in [5, 5.41) is 21.1. The number of hydrogen-bond donors (Lipinski definition) is 4. The molecule has 2 aliphatic carbocycles. The summed E-state index contributed by atoms with van der Waals surface area (Å²) in [6.45, 7) is 0. The van der Waals surface area contributed by atoms with Crippen LogP contribution in [0.1, 0.15) is 19.3 Å². The normalized spacial score (nSPS) is 32.2. The van der Waals surface area contributed by atoms with Crippen molar-refractivity contribution >= 4 is 17.7 Å². The summed E-state index contributed by atoms with van der Waals surface area (Å²) in [5.41, 5.74) is 0.563. The molecule has 0 spiro atoms. The van der Waals surface area contributed by atoms with E-state index in [9.17, 15) is 14.7 Å². The molecule has 2 aliphatic rings. The summed E-state index contributed by atoms with van der Waals surface area (Å²) in [6.07, 6.45) is 5.94. The maximum absolute atomic E-state index is 11.9. The molecular formula is C12H16N4O3. The monoisotopic (exact) mass is 264 g/mol. The number of carboxylic acids is 1. The van der Waals surface area contributed by atoms with E-state index in [1.807, 2.05) is 0 Å². The number of aromatic amines is 1. The maximum atomic E-state index is 11.9. The van der Waals surface area contributed by atoms with Gasteiger partial charge in [0.15, 0.2) is 0 Å². The summed E-state index contributed by atoms with van der Waals surface area (Å²) < 4.78 is 0. The van der Waals surface area contributed by atoms with Crippen LogP contribution in [-0.2, 0) is 4.79 Å². The molecule has 0 radical (unpaired) electrons. The van der Waals surface area contributed by atoms with Crippen molar-refractivity contribution in [2.24, 2.45) is 17.8 Å². The number of urea groups is 1. The fraction of sp³-hybridized carbons (Fsp3) is 0.583. The summed E-state index contributed by atoms with van der Waals surface area (Å²) in [5.74, 6) is -0.752. The SMILES string of the molecule is O=C(Nc1cn[nH]c1)NC1C2CCC(C2)C1C(=O)O. The van der Waals surface area contributed by atoms with Gasteiger partial charge in [0.1, 0.15) is 0 Å². The smallest absolute Gasteiger partial charge is 0.319 e. The number of hydrogen-bond acceptors (Lipinski definition) is 3. The highest BCUT2D eigenvalue weighted by Crippen LogP contribution is 2.48. The zero-order chi connectivity index (χ0) is 13.4.